The van der Waals surface area contributed by atoms with Crippen LogP contribution in [-0.2, 0) is 6.42 Å². The van der Waals surface area contributed by atoms with E-state index in [-0.39, 0.29) is 17.7 Å². The largest absolute Gasteiger partial charge is 0.310 e. The molecule has 0 aliphatic rings. The van der Waals surface area contributed by atoms with E-state index in [0.717, 1.165) is 17.7 Å². The molecule has 0 radical (unpaired) electrons. The molecule has 3 heteroatoms. The molecule has 0 spiro atoms. The zero-order valence-electron chi connectivity index (χ0n) is 11.8. The second kappa shape index (κ2) is 6.62. The summed E-state index contributed by atoms with van der Waals surface area (Å²) in [7, 11) is 0. The third-order valence-electron chi connectivity index (χ3n) is 3.36. The molecule has 0 amide bonds. The minimum atomic E-state index is -0.229. The standard InChI is InChI=1S/C17H19F2N/c1-3-20-17(11-13-5-4-6-15(18)10-13)14-7-8-16(19)12(2)9-14/h4-10,17,20H,3,11H2,1-2H3. The van der Waals surface area contributed by atoms with Gasteiger partial charge < -0.3 is 5.32 Å². The van der Waals surface area contributed by atoms with Crippen LogP contribution in [0.25, 0.3) is 0 Å². The van der Waals surface area contributed by atoms with Crippen LogP contribution < -0.4 is 5.32 Å². The fraction of sp³-hybridized carbons (Fsp3) is 0.294. The highest BCUT2D eigenvalue weighted by molar-refractivity contribution is 5.28. The Labute approximate surface area is 118 Å². The van der Waals surface area contributed by atoms with Crippen molar-refractivity contribution in [3.8, 4) is 0 Å². The van der Waals surface area contributed by atoms with E-state index in [9.17, 15) is 8.78 Å². The highest BCUT2D eigenvalue weighted by Crippen LogP contribution is 2.21. The minimum absolute atomic E-state index is 0.0566. The summed E-state index contributed by atoms with van der Waals surface area (Å²) >= 11 is 0. The molecule has 0 bridgehead atoms. The van der Waals surface area contributed by atoms with Gasteiger partial charge in [0.25, 0.3) is 0 Å². The van der Waals surface area contributed by atoms with Gasteiger partial charge in [-0.05, 0) is 54.8 Å². The van der Waals surface area contributed by atoms with Crippen LogP contribution in [0.4, 0.5) is 8.78 Å². The van der Waals surface area contributed by atoms with Crippen molar-refractivity contribution in [1.82, 2.24) is 5.32 Å². The number of aryl methyl sites for hydroxylation is 1. The predicted octanol–water partition coefficient (Wildman–Crippen LogP) is 4.17. The van der Waals surface area contributed by atoms with Gasteiger partial charge in [0.05, 0.1) is 0 Å². The lowest BCUT2D eigenvalue weighted by atomic mass is 9.97. The molecule has 0 fully saturated rings. The second-order valence-corrected chi connectivity index (χ2v) is 4.95. The van der Waals surface area contributed by atoms with Gasteiger partial charge in [0.15, 0.2) is 0 Å². The summed E-state index contributed by atoms with van der Waals surface area (Å²) < 4.78 is 26.6. The average Bonchev–Trinajstić information content (AvgIpc) is 2.41. The Balaban J connectivity index is 2.24. The van der Waals surface area contributed by atoms with E-state index < -0.39 is 0 Å². The molecule has 0 heterocycles. The molecule has 2 aromatic carbocycles. The molecule has 2 aromatic rings. The summed E-state index contributed by atoms with van der Waals surface area (Å²) in [6.07, 6.45) is 0.677. The monoisotopic (exact) mass is 275 g/mol. The topological polar surface area (TPSA) is 12.0 Å². The van der Waals surface area contributed by atoms with Crippen LogP contribution >= 0.6 is 0 Å². The molecule has 0 aliphatic heterocycles. The maximum absolute atomic E-state index is 13.4. The zero-order valence-corrected chi connectivity index (χ0v) is 11.8. The first-order valence-corrected chi connectivity index (χ1v) is 6.84. The zero-order chi connectivity index (χ0) is 14.5. The van der Waals surface area contributed by atoms with Crippen LogP contribution in [0, 0.1) is 18.6 Å². The van der Waals surface area contributed by atoms with E-state index >= 15 is 0 Å². The first kappa shape index (κ1) is 14.7. The molecule has 20 heavy (non-hydrogen) atoms. The molecule has 0 aliphatic carbocycles. The number of halogens is 2. The third kappa shape index (κ3) is 3.64. The fourth-order valence-electron chi connectivity index (χ4n) is 2.34. The summed E-state index contributed by atoms with van der Waals surface area (Å²) in [6, 6.07) is 11.8. The van der Waals surface area contributed by atoms with Crippen molar-refractivity contribution >= 4 is 0 Å². The van der Waals surface area contributed by atoms with Gasteiger partial charge >= 0.3 is 0 Å². The van der Waals surface area contributed by atoms with Crippen molar-refractivity contribution in [2.75, 3.05) is 6.54 Å². The van der Waals surface area contributed by atoms with E-state index in [1.807, 2.05) is 19.1 Å². The van der Waals surface area contributed by atoms with Gasteiger partial charge in [0, 0.05) is 6.04 Å². The number of likely N-dealkylation sites (N-methyl/N-ethyl adjacent to an activating group) is 1. The van der Waals surface area contributed by atoms with Gasteiger partial charge in [-0.2, -0.15) is 0 Å². The molecule has 1 N–H and O–H groups in total. The summed E-state index contributed by atoms with van der Waals surface area (Å²) in [6.45, 7) is 4.58. The molecular weight excluding hydrogens is 256 g/mol. The lowest BCUT2D eigenvalue weighted by Crippen LogP contribution is -2.23. The Kier molecular flexibility index (Phi) is 4.85. The second-order valence-electron chi connectivity index (χ2n) is 4.95. The van der Waals surface area contributed by atoms with Gasteiger partial charge in [-0.15, -0.1) is 0 Å². The van der Waals surface area contributed by atoms with E-state index in [0.29, 0.717) is 12.0 Å². The Hall–Kier alpha value is -1.74. The molecule has 0 aromatic heterocycles. The van der Waals surface area contributed by atoms with Crippen molar-refractivity contribution < 1.29 is 8.78 Å². The van der Waals surface area contributed by atoms with Crippen molar-refractivity contribution in [3.05, 3.63) is 70.8 Å². The number of hydrogen-bond donors (Lipinski definition) is 1. The third-order valence-corrected chi connectivity index (χ3v) is 3.36. The van der Waals surface area contributed by atoms with Crippen LogP contribution in [0.1, 0.15) is 29.7 Å². The Morgan fingerprint density at radius 2 is 1.90 bits per heavy atom. The van der Waals surface area contributed by atoms with E-state index in [1.165, 1.54) is 12.1 Å². The molecule has 0 saturated heterocycles. The van der Waals surface area contributed by atoms with Crippen LogP contribution in [0.5, 0.6) is 0 Å². The van der Waals surface area contributed by atoms with Crippen LogP contribution in [0.2, 0.25) is 0 Å². The molecular formula is C17H19F2N. The van der Waals surface area contributed by atoms with E-state index in [2.05, 4.69) is 5.32 Å². The van der Waals surface area contributed by atoms with Crippen molar-refractivity contribution in [2.45, 2.75) is 26.3 Å². The van der Waals surface area contributed by atoms with Gasteiger partial charge in [-0.3, -0.25) is 0 Å². The lowest BCUT2D eigenvalue weighted by molar-refractivity contribution is 0.543. The average molecular weight is 275 g/mol. The number of hydrogen-bond acceptors (Lipinski definition) is 1. The van der Waals surface area contributed by atoms with Crippen molar-refractivity contribution in [3.63, 3.8) is 0 Å². The predicted molar refractivity (Wildman–Crippen MR) is 77.7 cm³/mol. The first-order chi connectivity index (χ1) is 9.60. The molecule has 106 valence electrons. The number of rotatable bonds is 5. The SMILES string of the molecule is CCNC(Cc1cccc(F)c1)c1ccc(F)c(C)c1. The maximum atomic E-state index is 13.4. The summed E-state index contributed by atoms with van der Waals surface area (Å²) in [4.78, 5) is 0. The molecule has 1 unspecified atom stereocenters. The summed E-state index contributed by atoms with van der Waals surface area (Å²) in [5.74, 6) is -0.428. The summed E-state index contributed by atoms with van der Waals surface area (Å²) in [5, 5.41) is 3.37. The van der Waals surface area contributed by atoms with E-state index in [1.54, 1.807) is 25.1 Å². The number of benzene rings is 2. The molecule has 2 rings (SSSR count). The van der Waals surface area contributed by atoms with Gasteiger partial charge in [-0.1, -0.05) is 31.2 Å². The van der Waals surface area contributed by atoms with Gasteiger partial charge in [0.2, 0.25) is 0 Å². The Bertz CT molecular complexity index is 581. The quantitative estimate of drug-likeness (QED) is 0.863. The first-order valence-electron chi connectivity index (χ1n) is 6.84. The number of nitrogens with one attached hydrogen (secondary N) is 1. The highest BCUT2D eigenvalue weighted by Gasteiger charge is 2.12. The smallest absolute Gasteiger partial charge is 0.126 e. The normalized spacial score (nSPS) is 12.4. The minimum Gasteiger partial charge on any atom is -0.310 e. The van der Waals surface area contributed by atoms with Crippen molar-refractivity contribution in [1.29, 1.82) is 0 Å². The molecule has 1 nitrogen and oxygen atoms in total. The summed E-state index contributed by atoms with van der Waals surface area (Å²) in [5.41, 5.74) is 2.58. The molecule has 1 atom stereocenters. The van der Waals surface area contributed by atoms with Crippen LogP contribution in [-0.4, -0.2) is 6.54 Å². The van der Waals surface area contributed by atoms with Crippen molar-refractivity contribution in [2.24, 2.45) is 0 Å². The van der Waals surface area contributed by atoms with E-state index in [4.69, 9.17) is 0 Å². The lowest BCUT2D eigenvalue weighted by Gasteiger charge is -2.19. The Morgan fingerprint density at radius 1 is 1.10 bits per heavy atom. The fourth-order valence-corrected chi connectivity index (χ4v) is 2.34. The Morgan fingerprint density at radius 3 is 2.55 bits per heavy atom. The van der Waals surface area contributed by atoms with Crippen LogP contribution in [0.3, 0.4) is 0 Å². The maximum Gasteiger partial charge on any atom is 0.126 e. The van der Waals surface area contributed by atoms with Gasteiger partial charge in [-0.25, -0.2) is 8.78 Å². The highest BCUT2D eigenvalue weighted by atomic mass is 19.1. The van der Waals surface area contributed by atoms with Gasteiger partial charge in [0.1, 0.15) is 11.6 Å². The molecule has 0 saturated carbocycles. The van der Waals surface area contributed by atoms with Crippen LogP contribution in [0.15, 0.2) is 42.5 Å².